The Labute approximate surface area is 181 Å². The topological polar surface area (TPSA) is 73.9 Å². The van der Waals surface area contributed by atoms with Gasteiger partial charge in [-0.1, -0.05) is 48.5 Å². The number of hydrogen-bond acceptors (Lipinski definition) is 5. The molecule has 0 radical (unpaired) electrons. The molecule has 0 aliphatic heterocycles. The maximum atomic E-state index is 12.4. The van der Waals surface area contributed by atoms with Crippen molar-refractivity contribution >= 4 is 11.9 Å². The molecule has 3 rings (SSSR count). The van der Waals surface area contributed by atoms with Crippen molar-refractivity contribution in [2.45, 2.75) is 26.2 Å². The second-order valence-corrected chi connectivity index (χ2v) is 6.88. The van der Waals surface area contributed by atoms with Crippen molar-refractivity contribution in [1.29, 1.82) is 0 Å². The SMILES string of the molecule is COc1ccccc1CNC(=O)[C@H](C)OC(=O)c1ccc(OCc2ccccc2)cc1. The Bertz CT molecular complexity index is 1000. The van der Waals surface area contributed by atoms with E-state index in [2.05, 4.69) is 5.32 Å². The van der Waals surface area contributed by atoms with Crippen molar-refractivity contribution in [3.05, 3.63) is 95.6 Å². The number of amides is 1. The van der Waals surface area contributed by atoms with E-state index in [1.165, 1.54) is 6.92 Å². The van der Waals surface area contributed by atoms with Crippen LogP contribution in [0.3, 0.4) is 0 Å². The van der Waals surface area contributed by atoms with Crippen LogP contribution in [0.4, 0.5) is 0 Å². The quantitative estimate of drug-likeness (QED) is 0.528. The summed E-state index contributed by atoms with van der Waals surface area (Å²) in [5, 5.41) is 2.76. The molecule has 6 heteroatoms. The number of methoxy groups -OCH3 is 1. The number of hydrogen-bond donors (Lipinski definition) is 1. The zero-order valence-electron chi connectivity index (χ0n) is 17.5. The Morgan fingerprint density at radius 1 is 0.903 bits per heavy atom. The molecule has 0 aromatic heterocycles. The van der Waals surface area contributed by atoms with Gasteiger partial charge >= 0.3 is 5.97 Å². The van der Waals surface area contributed by atoms with E-state index in [1.807, 2.05) is 54.6 Å². The molecule has 3 aromatic carbocycles. The van der Waals surface area contributed by atoms with E-state index in [-0.39, 0.29) is 12.5 Å². The van der Waals surface area contributed by atoms with Crippen LogP contribution in [0.5, 0.6) is 11.5 Å². The van der Waals surface area contributed by atoms with Crippen LogP contribution in [-0.4, -0.2) is 25.1 Å². The summed E-state index contributed by atoms with van der Waals surface area (Å²) in [5.74, 6) is 0.363. The maximum absolute atomic E-state index is 12.4. The molecule has 0 aliphatic carbocycles. The number of carbonyl (C=O) groups excluding carboxylic acids is 2. The fraction of sp³-hybridized carbons (Fsp3) is 0.200. The van der Waals surface area contributed by atoms with Gasteiger partial charge in [-0.05, 0) is 42.8 Å². The van der Waals surface area contributed by atoms with Crippen molar-refractivity contribution in [2.24, 2.45) is 0 Å². The van der Waals surface area contributed by atoms with Gasteiger partial charge < -0.3 is 19.5 Å². The first-order chi connectivity index (χ1) is 15.1. The van der Waals surface area contributed by atoms with Gasteiger partial charge in [-0.15, -0.1) is 0 Å². The molecular formula is C25H25NO5. The van der Waals surface area contributed by atoms with Gasteiger partial charge in [-0.25, -0.2) is 4.79 Å². The zero-order chi connectivity index (χ0) is 22.1. The molecule has 3 aromatic rings. The number of nitrogens with one attached hydrogen (secondary N) is 1. The summed E-state index contributed by atoms with van der Waals surface area (Å²) in [4.78, 5) is 24.7. The normalized spacial score (nSPS) is 11.3. The van der Waals surface area contributed by atoms with Gasteiger partial charge in [0, 0.05) is 12.1 Å². The Morgan fingerprint density at radius 2 is 1.58 bits per heavy atom. The molecule has 0 heterocycles. The third-order valence-electron chi connectivity index (χ3n) is 4.64. The number of benzene rings is 3. The highest BCUT2D eigenvalue weighted by molar-refractivity contribution is 5.92. The van der Waals surface area contributed by atoms with Gasteiger partial charge in [-0.3, -0.25) is 4.79 Å². The Kier molecular flexibility index (Phi) is 7.65. The van der Waals surface area contributed by atoms with E-state index in [9.17, 15) is 9.59 Å². The second-order valence-electron chi connectivity index (χ2n) is 6.88. The highest BCUT2D eigenvalue weighted by Gasteiger charge is 2.19. The lowest BCUT2D eigenvalue weighted by molar-refractivity contribution is -0.129. The summed E-state index contributed by atoms with van der Waals surface area (Å²) in [6.45, 7) is 2.25. The molecular weight excluding hydrogens is 394 g/mol. The Balaban J connectivity index is 1.48. The van der Waals surface area contributed by atoms with E-state index >= 15 is 0 Å². The molecule has 1 N–H and O–H groups in total. The summed E-state index contributed by atoms with van der Waals surface area (Å²) in [6.07, 6.45) is -0.934. The van der Waals surface area contributed by atoms with Crippen LogP contribution in [0.25, 0.3) is 0 Å². The molecule has 0 saturated heterocycles. The van der Waals surface area contributed by atoms with Gasteiger partial charge in [0.1, 0.15) is 18.1 Å². The number of esters is 1. The Morgan fingerprint density at radius 3 is 2.29 bits per heavy atom. The highest BCUT2D eigenvalue weighted by Crippen LogP contribution is 2.17. The van der Waals surface area contributed by atoms with E-state index in [4.69, 9.17) is 14.2 Å². The molecule has 160 valence electrons. The van der Waals surface area contributed by atoms with Crippen molar-refractivity contribution < 1.29 is 23.8 Å². The third kappa shape index (κ3) is 6.34. The molecule has 0 unspecified atom stereocenters. The molecule has 31 heavy (non-hydrogen) atoms. The van der Waals surface area contributed by atoms with Gasteiger partial charge in [-0.2, -0.15) is 0 Å². The van der Waals surface area contributed by atoms with E-state index in [0.717, 1.165) is 11.1 Å². The molecule has 0 bridgehead atoms. The number of rotatable bonds is 9. The third-order valence-corrected chi connectivity index (χ3v) is 4.64. The fourth-order valence-electron chi connectivity index (χ4n) is 2.89. The standard InChI is InChI=1S/C25H25NO5/c1-18(24(27)26-16-21-10-6-7-11-23(21)29-2)31-25(28)20-12-14-22(15-13-20)30-17-19-8-4-3-5-9-19/h3-15,18H,16-17H2,1-2H3,(H,26,27)/t18-/m0/s1. The molecule has 1 amide bonds. The van der Waals surface area contributed by atoms with Crippen LogP contribution in [0.2, 0.25) is 0 Å². The van der Waals surface area contributed by atoms with Crippen molar-refractivity contribution in [1.82, 2.24) is 5.32 Å². The van der Waals surface area contributed by atoms with Crippen LogP contribution < -0.4 is 14.8 Å². The summed E-state index contributed by atoms with van der Waals surface area (Å²) in [6, 6.07) is 23.8. The highest BCUT2D eigenvalue weighted by atomic mass is 16.5. The average molecular weight is 419 g/mol. The van der Waals surface area contributed by atoms with Crippen LogP contribution in [-0.2, 0) is 22.7 Å². The van der Waals surface area contributed by atoms with E-state index in [1.54, 1.807) is 31.4 Å². The monoisotopic (exact) mass is 419 g/mol. The minimum Gasteiger partial charge on any atom is -0.496 e. The molecule has 6 nitrogen and oxygen atoms in total. The van der Waals surface area contributed by atoms with Crippen molar-refractivity contribution in [2.75, 3.05) is 7.11 Å². The first kappa shape index (κ1) is 21.9. The van der Waals surface area contributed by atoms with Gasteiger partial charge in [0.15, 0.2) is 6.10 Å². The predicted molar refractivity (Wildman–Crippen MR) is 117 cm³/mol. The molecule has 0 saturated carbocycles. The first-order valence-electron chi connectivity index (χ1n) is 9.94. The minimum absolute atomic E-state index is 0.276. The van der Waals surface area contributed by atoms with E-state index in [0.29, 0.717) is 23.7 Å². The van der Waals surface area contributed by atoms with Crippen molar-refractivity contribution in [3.8, 4) is 11.5 Å². The predicted octanol–water partition coefficient (Wildman–Crippen LogP) is 4.14. The minimum atomic E-state index is -0.934. The van der Waals surface area contributed by atoms with Crippen LogP contribution in [0.15, 0.2) is 78.9 Å². The lowest BCUT2D eigenvalue weighted by atomic mass is 10.2. The number of para-hydroxylation sites is 1. The molecule has 0 spiro atoms. The van der Waals surface area contributed by atoms with Crippen molar-refractivity contribution in [3.63, 3.8) is 0 Å². The van der Waals surface area contributed by atoms with Crippen LogP contribution in [0.1, 0.15) is 28.4 Å². The van der Waals surface area contributed by atoms with Gasteiger partial charge in [0.25, 0.3) is 5.91 Å². The van der Waals surface area contributed by atoms with Crippen LogP contribution >= 0.6 is 0 Å². The number of ether oxygens (including phenoxy) is 3. The average Bonchev–Trinajstić information content (AvgIpc) is 2.82. The summed E-state index contributed by atoms with van der Waals surface area (Å²) in [7, 11) is 1.57. The zero-order valence-corrected chi connectivity index (χ0v) is 17.5. The lowest BCUT2D eigenvalue weighted by Gasteiger charge is -2.15. The van der Waals surface area contributed by atoms with Gasteiger partial charge in [0.2, 0.25) is 0 Å². The number of carbonyl (C=O) groups is 2. The van der Waals surface area contributed by atoms with Gasteiger partial charge in [0.05, 0.1) is 12.7 Å². The van der Waals surface area contributed by atoms with Crippen LogP contribution in [0, 0.1) is 0 Å². The Hall–Kier alpha value is -3.80. The second kappa shape index (κ2) is 10.8. The maximum Gasteiger partial charge on any atom is 0.338 e. The fourth-order valence-corrected chi connectivity index (χ4v) is 2.89. The summed E-state index contributed by atoms with van der Waals surface area (Å²) < 4.78 is 16.3. The first-order valence-corrected chi connectivity index (χ1v) is 9.94. The summed E-state index contributed by atoms with van der Waals surface area (Å²) >= 11 is 0. The largest absolute Gasteiger partial charge is 0.496 e. The lowest BCUT2D eigenvalue weighted by Crippen LogP contribution is -2.35. The molecule has 0 fully saturated rings. The summed E-state index contributed by atoms with van der Waals surface area (Å²) in [5.41, 5.74) is 2.23. The molecule has 1 atom stereocenters. The van der Waals surface area contributed by atoms with E-state index < -0.39 is 12.1 Å². The molecule has 0 aliphatic rings. The smallest absolute Gasteiger partial charge is 0.338 e.